The van der Waals surface area contributed by atoms with Crippen LogP contribution >= 0.6 is 0 Å². The third-order valence-electron chi connectivity index (χ3n) is 5.17. The highest BCUT2D eigenvalue weighted by atomic mass is 16.7. The molecule has 4 rings (SSSR count). The summed E-state index contributed by atoms with van der Waals surface area (Å²) in [5.41, 5.74) is 1.33. The molecule has 1 unspecified atom stereocenters. The summed E-state index contributed by atoms with van der Waals surface area (Å²) in [7, 11) is 0. The van der Waals surface area contributed by atoms with E-state index in [0.717, 1.165) is 5.56 Å². The lowest BCUT2D eigenvalue weighted by Crippen LogP contribution is -2.60. The molecule has 0 aliphatic carbocycles. The lowest BCUT2D eigenvalue weighted by Gasteiger charge is -2.39. The molecule has 0 bridgehead atoms. The molecule has 2 aliphatic rings. The first-order valence-corrected chi connectivity index (χ1v) is 9.39. The van der Waals surface area contributed by atoms with Crippen LogP contribution < -0.4 is 4.74 Å². The highest BCUT2D eigenvalue weighted by Gasteiger charge is 2.45. The molecule has 0 amide bonds. The van der Waals surface area contributed by atoms with E-state index >= 15 is 0 Å². The van der Waals surface area contributed by atoms with E-state index in [0.29, 0.717) is 11.3 Å². The Labute approximate surface area is 171 Å². The molecule has 0 saturated carbocycles. The van der Waals surface area contributed by atoms with Crippen LogP contribution in [0.3, 0.4) is 0 Å². The van der Waals surface area contributed by atoms with E-state index in [4.69, 9.17) is 9.47 Å². The van der Waals surface area contributed by atoms with Crippen molar-refractivity contribution in [2.75, 3.05) is 6.61 Å². The Morgan fingerprint density at radius 1 is 0.967 bits per heavy atom. The van der Waals surface area contributed by atoms with Crippen molar-refractivity contribution in [1.82, 2.24) is 0 Å². The quantitative estimate of drug-likeness (QED) is 0.387. The Bertz CT molecular complexity index is 925. The molecule has 9 heteroatoms. The van der Waals surface area contributed by atoms with Gasteiger partial charge in [-0.2, -0.15) is 0 Å². The minimum Gasteiger partial charge on any atom is -0.574 e. The molecule has 2 aliphatic heterocycles. The van der Waals surface area contributed by atoms with Gasteiger partial charge in [-0.25, -0.2) is 0 Å². The van der Waals surface area contributed by atoms with Crippen LogP contribution in [-0.2, 0) is 4.74 Å². The molecule has 9 nitrogen and oxygen atoms in total. The number of aromatic hydroxyl groups is 3. The molecule has 0 aromatic heterocycles. The summed E-state index contributed by atoms with van der Waals surface area (Å²) in [6.07, 6.45) is -3.90. The molecule has 2 aromatic rings. The van der Waals surface area contributed by atoms with Gasteiger partial charge in [0, 0.05) is 17.7 Å². The van der Waals surface area contributed by atoms with E-state index in [2.05, 4.69) is 4.74 Å². The third kappa shape index (κ3) is 3.81. The van der Waals surface area contributed by atoms with Gasteiger partial charge in [0.15, 0.2) is 0 Å². The summed E-state index contributed by atoms with van der Waals surface area (Å²) in [5.74, 6) is 0.609. The van der Waals surface area contributed by atoms with Crippen LogP contribution in [0.1, 0.15) is 17.2 Å². The Balaban J connectivity index is 1.56. The number of hydrogen-bond acceptors (Lipinski definition) is 8. The average Bonchev–Trinajstić information content (AvgIpc) is 2.74. The fourth-order valence-electron chi connectivity index (χ4n) is 3.48. The number of fused-ring (bicyclic) bond motifs is 1. The summed E-state index contributed by atoms with van der Waals surface area (Å²) in [4.78, 5) is 0. The second-order valence-electron chi connectivity index (χ2n) is 7.21. The van der Waals surface area contributed by atoms with Crippen molar-refractivity contribution in [2.45, 2.75) is 36.8 Å². The highest BCUT2D eigenvalue weighted by Crippen LogP contribution is 2.42. The molecule has 30 heavy (non-hydrogen) atoms. The van der Waals surface area contributed by atoms with Gasteiger partial charge in [-0.1, -0.05) is 0 Å². The van der Waals surface area contributed by atoms with Gasteiger partial charge in [0.05, 0.1) is 12.7 Å². The fourth-order valence-corrected chi connectivity index (χ4v) is 3.48. The first-order valence-electron chi connectivity index (χ1n) is 9.39. The Hall–Kier alpha value is -2.82. The zero-order chi connectivity index (χ0) is 21.4. The number of hydrogen-bond donors (Lipinski definition) is 6. The monoisotopic (exact) mass is 419 g/mol. The number of rotatable bonds is 4. The molecule has 7 N–H and O–H groups in total. The maximum atomic E-state index is 10.4. The van der Waals surface area contributed by atoms with Crippen molar-refractivity contribution in [2.24, 2.45) is 0 Å². The van der Waals surface area contributed by atoms with E-state index in [9.17, 15) is 30.6 Å². The van der Waals surface area contributed by atoms with E-state index in [-0.39, 0.29) is 23.4 Å². The summed E-state index contributed by atoms with van der Waals surface area (Å²) in [5, 5.41) is 59.0. The molecular weight excluding hydrogens is 396 g/mol. The summed E-state index contributed by atoms with van der Waals surface area (Å²) >= 11 is 0. The topological polar surface area (TPSA) is 153 Å². The molecule has 160 valence electrons. The van der Waals surface area contributed by atoms with E-state index in [1.54, 1.807) is 36.4 Å². The zero-order valence-electron chi connectivity index (χ0n) is 15.7. The maximum Gasteiger partial charge on any atom is 0.270 e. The molecule has 1 fully saturated rings. The van der Waals surface area contributed by atoms with Crippen LogP contribution in [0, 0.1) is 0 Å². The first kappa shape index (κ1) is 20.5. The molecule has 1 saturated heterocycles. The largest absolute Gasteiger partial charge is 0.574 e. The SMILES string of the molecule is OC[C@H]1O[C@@H](Oc2cc(O)c3c(c2)[OH+]C(c2ccc(O)cc2)C=C3)[C@@H](O)[C@@H](O)[C@@H]1O. The first-order chi connectivity index (χ1) is 14.4. The predicted molar refractivity (Wildman–Crippen MR) is 104 cm³/mol. The molecular formula is C21H23O9+. The Morgan fingerprint density at radius 3 is 2.40 bits per heavy atom. The van der Waals surface area contributed by atoms with E-state index in [1.165, 1.54) is 6.07 Å². The van der Waals surface area contributed by atoms with Crippen LogP contribution in [0.5, 0.6) is 23.0 Å². The van der Waals surface area contributed by atoms with Gasteiger partial charge in [-0.05, 0) is 30.3 Å². The number of aliphatic hydroxyl groups is 5. The maximum absolute atomic E-state index is 10.4. The van der Waals surface area contributed by atoms with Crippen LogP contribution in [0.2, 0.25) is 0 Å². The van der Waals surface area contributed by atoms with Gasteiger partial charge in [0.1, 0.15) is 47.2 Å². The van der Waals surface area contributed by atoms with Crippen LogP contribution in [0.25, 0.3) is 6.08 Å². The lowest BCUT2D eigenvalue weighted by atomic mass is 9.99. The van der Waals surface area contributed by atoms with E-state index in [1.807, 2.05) is 6.08 Å². The highest BCUT2D eigenvalue weighted by molar-refractivity contribution is 5.68. The van der Waals surface area contributed by atoms with Crippen molar-refractivity contribution in [1.29, 1.82) is 0 Å². The molecule has 6 atom stereocenters. The second-order valence-corrected chi connectivity index (χ2v) is 7.21. The fraction of sp³-hybridized carbons (Fsp3) is 0.333. The minimum atomic E-state index is -1.57. The van der Waals surface area contributed by atoms with Gasteiger partial charge in [0.2, 0.25) is 12.4 Å². The van der Waals surface area contributed by atoms with Gasteiger partial charge in [-0.3, -0.25) is 0 Å². The number of phenols is 2. The smallest absolute Gasteiger partial charge is 0.270 e. The number of phenolic OH excluding ortho intramolecular Hbond substituents is 2. The molecule has 0 radical (unpaired) electrons. The molecule has 2 heterocycles. The van der Waals surface area contributed by atoms with Crippen molar-refractivity contribution in [3.05, 3.63) is 53.6 Å². The van der Waals surface area contributed by atoms with Crippen molar-refractivity contribution in [3.63, 3.8) is 0 Å². The Kier molecular flexibility index (Phi) is 5.54. The normalized spacial score (nSPS) is 30.4. The number of benzene rings is 2. The lowest BCUT2D eigenvalue weighted by molar-refractivity contribution is -0.277. The van der Waals surface area contributed by atoms with Gasteiger partial charge in [0.25, 0.3) is 5.75 Å². The summed E-state index contributed by atoms with van der Waals surface area (Å²) in [6, 6.07) is 9.48. The molecule has 2 aromatic carbocycles. The minimum absolute atomic E-state index is 0.101. The van der Waals surface area contributed by atoms with E-state index < -0.39 is 37.3 Å². The van der Waals surface area contributed by atoms with Gasteiger partial charge >= 0.3 is 0 Å². The standard InChI is InChI=1S/C21H22O9/c22-9-17-18(25)19(26)20(27)21(30-17)28-12-7-14(24)13-5-6-15(29-16(13)8-12)10-1-3-11(23)4-2-10/h1-8,15,17-27H,9H2/p+1/t15?,17-,18-,19+,20+,21-/m1/s1. The van der Waals surface area contributed by atoms with Crippen molar-refractivity contribution in [3.8, 4) is 23.0 Å². The Morgan fingerprint density at radius 2 is 1.70 bits per heavy atom. The summed E-state index contributed by atoms with van der Waals surface area (Å²) < 4.78 is 15.5. The van der Waals surface area contributed by atoms with Crippen LogP contribution in [0.15, 0.2) is 42.5 Å². The van der Waals surface area contributed by atoms with Crippen LogP contribution in [0.4, 0.5) is 0 Å². The number of ether oxygens (including phenoxy) is 3. The number of aliphatic hydroxyl groups excluding tert-OH is 4. The van der Waals surface area contributed by atoms with Crippen molar-refractivity contribution >= 4 is 6.08 Å². The van der Waals surface area contributed by atoms with Gasteiger partial charge < -0.3 is 44.8 Å². The predicted octanol–water partition coefficient (Wildman–Crippen LogP) is 0.286. The summed E-state index contributed by atoms with van der Waals surface area (Å²) in [6.45, 7) is -0.575. The van der Waals surface area contributed by atoms with Crippen LogP contribution in [-0.4, -0.2) is 72.7 Å². The second kappa shape index (κ2) is 8.13. The third-order valence-corrected chi connectivity index (χ3v) is 5.17. The zero-order valence-corrected chi connectivity index (χ0v) is 15.7. The van der Waals surface area contributed by atoms with Crippen molar-refractivity contribution < 1.29 is 44.8 Å². The van der Waals surface area contributed by atoms with Gasteiger partial charge in [-0.15, -0.1) is 0 Å². The molecule has 0 spiro atoms. The average molecular weight is 419 g/mol.